The number of anilines is 1. The van der Waals surface area contributed by atoms with Gasteiger partial charge in [0.25, 0.3) is 5.91 Å². The lowest BCUT2D eigenvalue weighted by atomic mass is 9.79. The number of imide groups is 1. The molecule has 186 valence electrons. The number of urea groups is 1. The van der Waals surface area contributed by atoms with Crippen molar-refractivity contribution >= 4 is 46.9 Å². The molecule has 0 bridgehead atoms. The van der Waals surface area contributed by atoms with Gasteiger partial charge in [-0.15, -0.1) is 0 Å². The molecule has 2 aromatic carbocycles. The van der Waals surface area contributed by atoms with Crippen molar-refractivity contribution in [1.82, 2.24) is 10.2 Å². The van der Waals surface area contributed by atoms with Gasteiger partial charge in [-0.05, 0) is 68.0 Å². The molecule has 0 spiro atoms. The van der Waals surface area contributed by atoms with E-state index in [1.54, 1.807) is 31.4 Å². The number of ether oxygens (including phenoxy) is 1. The van der Waals surface area contributed by atoms with Crippen molar-refractivity contribution < 1.29 is 14.3 Å². The maximum absolute atomic E-state index is 13.1. The third-order valence-electron chi connectivity index (χ3n) is 6.77. The van der Waals surface area contributed by atoms with Gasteiger partial charge in [0.05, 0.1) is 23.7 Å². The Morgan fingerprint density at radius 3 is 2.57 bits per heavy atom. The highest BCUT2D eigenvalue weighted by Gasteiger charge is 2.37. The highest BCUT2D eigenvalue weighted by molar-refractivity contribution is 6.42. The maximum atomic E-state index is 13.1. The molecule has 0 radical (unpaired) electrons. The minimum Gasteiger partial charge on any atom is -0.496 e. The number of nitrogens with one attached hydrogen (secondary N) is 1. The van der Waals surface area contributed by atoms with Gasteiger partial charge < -0.3 is 15.0 Å². The van der Waals surface area contributed by atoms with Crippen LogP contribution in [0.4, 0.5) is 10.5 Å². The predicted molar refractivity (Wildman–Crippen MR) is 141 cm³/mol. The number of fused-ring (bicyclic) bond motifs is 1. The van der Waals surface area contributed by atoms with Crippen molar-refractivity contribution in [2.45, 2.75) is 58.5 Å². The summed E-state index contributed by atoms with van der Waals surface area (Å²) >= 11 is 12.1. The lowest BCUT2D eigenvalue weighted by molar-refractivity contribution is -0.123. The Balaban J connectivity index is 1.67. The zero-order chi connectivity index (χ0) is 25.5. The van der Waals surface area contributed by atoms with Crippen LogP contribution >= 0.6 is 23.2 Å². The van der Waals surface area contributed by atoms with Crippen molar-refractivity contribution in [1.29, 1.82) is 0 Å². The van der Waals surface area contributed by atoms with Crippen LogP contribution in [0.2, 0.25) is 10.0 Å². The molecule has 35 heavy (non-hydrogen) atoms. The zero-order valence-corrected chi connectivity index (χ0v) is 22.3. The van der Waals surface area contributed by atoms with Gasteiger partial charge in [0.15, 0.2) is 0 Å². The number of carbonyl (C=O) groups is 2. The number of benzene rings is 2. The second-order valence-electron chi connectivity index (χ2n) is 9.85. The molecule has 1 N–H and O–H groups in total. The van der Waals surface area contributed by atoms with Crippen LogP contribution in [-0.2, 0) is 11.3 Å². The van der Waals surface area contributed by atoms with E-state index in [2.05, 4.69) is 50.0 Å². The van der Waals surface area contributed by atoms with Gasteiger partial charge in [-0.2, -0.15) is 0 Å². The second-order valence-corrected chi connectivity index (χ2v) is 10.7. The highest BCUT2D eigenvalue weighted by atomic mass is 35.5. The van der Waals surface area contributed by atoms with Crippen molar-refractivity contribution in [3.63, 3.8) is 0 Å². The fraction of sp³-hybridized carbons (Fsp3) is 0.407. The predicted octanol–water partition coefficient (Wildman–Crippen LogP) is 6.60. The summed E-state index contributed by atoms with van der Waals surface area (Å²) in [6.45, 7) is 10.0. The largest absolute Gasteiger partial charge is 0.496 e. The first kappa shape index (κ1) is 25.4. The number of carbonyl (C=O) groups excluding carboxylic acids is 2. The highest BCUT2D eigenvalue weighted by Crippen LogP contribution is 2.46. The topological polar surface area (TPSA) is 61.9 Å². The van der Waals surface area contributed by atoms with E-state index in [1.807, 2.05) is 0 Å². The van der Waals surface area contributed by atoms with Crippen molar-refractivity contribution in [3.05, 3.63) is 62.8 Å². The van der Waals surface area contributed by atoms with Crippen LogP contribution in [0.15, 0.2) is 36.0 Å². The van der Waals surface area contributed by atoms with E-state index in [-0.39, 0.29) is 17.8 Å². The first-order chi connectivity index (χ1) is 16.6. The van der Waals surface area contributed by atoms with Gasteiger partial charge in [-0.25, -0.2) is 4.79 Å². The minimum absolute atomic E-state index is 0.0356. The minimum atomic E-state index is -0.478. The summed E-state index contributed by atoms with van der Waals surface area (Å²) in [5, 5.41) is 3.50. The van der Waals surface area contributed by atoms with Crippen LogP contribution in [0.25, 0.3) is 6.08 Å². The van der Waals surface area contributed by atoms with Gasteiger partial charge in [-0.1, -0.05) is 43.1 Å². The first-order valence-corrected chi connectivity index (χ1v) is 12.6. The molecule has 0 aromatic heterocycles. The smallest absolute Gasteiger partial charge is 0.329 e. The Morgan fingerprint density at radius 1 is 1.17 bits per heavy atom. The molecule has 1 saturated heterocycles. The van der Waals surface area contributed by atoms with E-state index in [9.17, 15) is 9.59 Å². The van der Waals surface area contributed by atoms with E-state index in [0.29, 0.717) is 27.3 Å². The molecule has 3 amide bonds. The average molecular weight is 516 g/mol. The summed E-state index contributed by atoms with van der Waals surface area (Å²) in [6, 6.07) is 8.72. The maximum Gasteiger partial charge on any atom is 0.329 e. The molecule has 1 fully saturated rings. The SMILES string of the molecule is CCCN1c2cc(OC)c(/C=C3/NC(=O)N(Cc4ccc(Cl)c(Cl)c4)C3=O)cc2C(C)CC1(C)C. The average Bonchev–Trinajstić information content (AvgIpc) is 3.06. The molecule has 2 heterocycles. The number of amides is 3. The molecule has 2 aliphatic heterocycles. The van der Waals surface area contributed by atoms with E-state index in [1.165, 1.54) is 5.56 Å². The summed E-state index contributed by atoms with van der Waals surface area (Å²) < 4.78 is 5.72. The summed E-state index contributed by atoms with van der Waals surface area (Å²) in [7, 11) is 1.62. The molecule has 4 rings (SSSR count). The van der Waals surface area contributed by atoms with Crippen LogP contribution < -0.4 is 15.0 Å². The Hall–Kier alpha value is -2.70. The van der Waals surface area contributed by atoms with E-state index in [0.717, 1.165) is 35.5 Å². The molecule has 2 aromatic rings. The zero-order valence-electron chi connectivity index (χ0n) is 20.7. The molecule has 1 atom stereocenters. The van der Waals surface area contributed by atoms with Crippen molar-refractivity contribution in [2.75, 3.05) is 18.6 Å². The molecular weight excluding hydrogens is 485 g/mol. The molecule has 0 aliphatic carbocycles. The van der Waals surface area contributed by atoms with Crippen LogP contribution in [-0.4, -0.2) is 36.0 Å². The molecule has 6 nitrogen and oxygen atoms in total. The van der Waals surface area contributed by atoms with E-state index < -0.39 is 11.9 Å². The van der Waals surface area contributed by atoms with Crippen molar-refractivity contribution in [2.24, 2.45) is 0 Å². The van der Waals surface area contributed by atoms with Crippen molar-refractivity contribution in [3.8, 4) is 5.75 Å². The lowest BCUT2D eigenvalue weighted by Crippen LogP contribution is -2.48. The molecule has 8 heteroatoms. The number of rotatable bonds is 6. The monoisotopic (exact) mass is 515 g/mol. The fourth-order valence-electron chi connectivity index (χ4n) is 5.15. The molecule has 1 unspecified atom stereocenters. The van der Waals surface area contributed by atoms with Gasteiger partial charge in [-0.3, -0.25) is 9.69 Å². The van der Waals surface area contributed by atoms with Gasteiger partial charge in [0.2, 0.25) is 0 Å². The summed E-state index contributed by atoms with van der Waals surface area (Å²) in [5.74, 6) is 0.603. The second kappa shape index (κ2) is 9.75. The Bertz CT molecular complexity index is 1210. The fourth-order valence-corrected chi connectivity index (χ4v) is 5.48. The normalized spacial score (nSPS) is 20.3. The Labute approximate surface area is 216 Å². The number of methoxy groups -OCH3 is 1. The number of halogens is 2. The summed E-state index contributed by atoms with van der Waals surface area (Å²) in [4.78, 5) is 29.3. The summed E-state index contributed by atoms with van der Waals surface area (Å²) in [5.41, 5.74) is 4.10. The van der Waals surface area contributed by atoms with E-state index >= 15 is 0 Å². The standard InChI is InChI=1S/C27H31Cl2N3O3/c1-6-9-32-23-13-24(35-5)18(11-19(23)16(2)14-27(32,3)4)12-22-25(33)31(26(34)30-22)15-17-7-8-20(28)21(29)10-17/h7-8,10-13,16H,6,9,14-15H2,1-5H3,(H,30,34)/b22-12+. The van der Waals surface area contributed by atoms with Crippen LogP contribution in [0, 0.1) is 0 Å². The van der Waals surface area contributed by atoms with Gasteiger partial charge in [0.1, 0.15) is 11.4 Å². The lowest BCUT2D eigenvalue weighted by Gasteiger charge is -2.47. The third-order valence-corrected chi connectivity index (χ3v) is 7.51. The third kappa shape index (κ3) is 4.87. The quantitative estimate of drug-likeness (QED) is 0.347. The van der Waals surface area contributed by atoms with Crippen LogP contribution in [0.5, 0.6) is 5.75 Å². The molecule has 2 aliphatic rings. The number of nitrogens with zero attached hydrogens (tertiary/aromatic N) is 2. The Morgan fingerprint density at radius 2 is 1.91 bits per heavy atom. The number of hydrogen-bond acceptors (Lipinski definition) is 4. The molecular formula is C27H31Cl2N3O3. The van der Waals surface area contributed by atoms with Gasteiger partial charge in [0, 0.05) is 29.4 Å². The molecule has 0 saturated carbocycles. The number of hydrogen-bond donors (Lipinski definition) is 1. The van der Waals surface area contributed by atoms with Crippen LogP contribution in [0.1, 0.15) is 63.1 Å². The van der Waals surface area contributed by atoms with Crippen LogP contribution in [0.3, 0.4) is 0 Å². The Kier molecular flexibility index (Phi) is 7.07. The van der Waals surface area contributed by atoms with E-state index in [4.69, 9.17) is 27.9 Å². The first-order valence-electron chi connectivity index (χ1n) is 11.8. The van der Waals surface area contributed by atoms with Gasteiger partial charge >= 0.3 is 6.03 Å². The summed E-state index contributed by atoms with van der Waals surface area (Å²) in [6.07, 6.45) is 3.76.